The van der Waals surface area contributed by atoms with Gasteiger partial charge in [0, 0.05) is 6.54 Å². The lowest BCUT2D eigenvalue weighted by Gasteiger charge is -2.20. The summed E-state index contributed by atoms with van der Waals surface area (Å²) in [5.74, 6) is 0.832. The Balaban J connectivity index is 2.44. The Labute approximate surface area is 120 Å². The van der Waals surface area contributed by atoms with Crippen LogP contribution >= 0.6 is 0 Å². The number of ether oxygens (including phenoxy) is 1. The van der Waals surface area contributed by atoms with E-state index in [4.69, 9.17) is 4.74 Å². The molecule has 0 amide bonds. The van der Waals surface area contributed by atoms with Crippen molar-refractivity contribution in [3.63, 3.8) is 0 Å². The zero-order valence-corrected chi connectivity index (χ0v) is 12.7. The van der Waals surface area contributed by atoms with Gasteiger partial charge in [-0.05, 0) is 26.0 Å². The molecule has 0 aliphatic carbocycles. The second-order valence-corrected chi connectivity index (χ2v) is 4.95. The van der Waals surface area contributed by atoms with Crippen LogP contribution in [0.15, 0.2) is 30.5 Å². The van der Waals surface area contributed by atoms with Crippen molar-refractivity contribution >= 4 is 0 Å². The summed E-state index contributed by atoms with van der Waals surface area (Å²) in [5, 5.41) is 7.81. The predicted molar refractivity (Wildman–Crippen MR) is 81.2 cm³/mol. The normalized spacial score (nSPS) is 12.4. The van der Waals surface area contributed by atoms with Gasteiger partial charge in [0.2, 0.25) is 0 Å². The minimum absolute atomic E-state index is 0.0830. The Bertz CT molecular complexity index is 545. The van der Waals surface area contributed by atoms with Crippen LogP contribution in [0.1, 0.15) is 36.2 Å². The molecule has 1 atom stereocenters. The van der Waals surface area contributed by atoms with Crippen LogP contribution < -0.4 is 10.1 Å². The summed E-state index contributed by atoms with van der Waals surface area (Å²) in [6, 6.07) is 8.65. The highest BCUT2D eigenvalue weighted by molar-refractivity contribution is 5.37. The molecule has 0 fully saturated rings. The van der Waals surface area contributed by atoms with Crippen LogP contribution in [0, 0.1) is 6.92 Å². The number of benzene rings is 1. The van der Waals surface area contributed by atoms with Crippen molar-refractivity contribution in [3.05, 3.63) is 47.3 Å². The van der Waals surface area contributed by atoms with Crippen LogP contribution in [0.5, 0.6) is 5.75 Å². The first-order valence-electron chi connectivity index (χ1n) is 7.04. The van der Waals surface area contributed by atoms with Gasteiger partial charge in [-0.2, -0.15) is 5.10 Å². The highest BCUT2D eigenvalue weighted by atomic mass is 16.5. The van der Waals surface area contributed by atoms with E-state index in [-0.39, 0.29) is 6.04 Å². The predicted octanol–water partition coefficient (Wildman–Crippen LogP) is 2.92. The molecule has 2 aromatic rings. The minimum Gasteiger partial charge on any atom is -0.493 e. The van der Waals surface area contributed by atoms with E-state index in [0.717, 1.165) is 24.4 Å². The van der Waals surface area contributed by atoms with Crippen LogP contribution in [0.2, 0.25) is 0 Å². The van der Waals surface area contributed by atoms with Crippen molar-refractivity contribution in [1.29, 1.82) is 0 Å². The number of hydrogen-bond donors (Lipinski definition) is 1. The van der Waals surface area contributed by atoms with Gasteiger partial charge in [0.15, 0.2) is 5.75 Å². The van der Waals surface area contributed by atoms with E-state index >= 15 is 0 Å². The van der Waals surface area contributed by atoms with Gasteiger partial charge in [-0.25, -0.2) is 0 Å². The highest BCUT2D eigenvalue weighted by Gasteiger charge is 2.21. The number of methoxy groups -OCH3 is 1. The summed E-state index contributed by atoms with van der Waals surface area (Å²) in [7, 11) is 3.66. The fourth-order valence-electron chi connectivity index (χ4n) is 2.44. The van der Waals surface area contributed by atoms with E-state index in [1.54, 1.807) is 13.3 Å². The topological polar surface area (TPSA) is 39.1 Å². The van der Waals surface area contributed by atoms with Gasteiger partial charge in [-0.1, -0.05) is 36.8 Å². The molecular weight excluding hydrogens is 250 g/mol. The van der Waals surface area contributed by atoms with Gasteiger partial charge in [-0.3, -0.25) is 4.68 Å². The van der Waals surface area contributed by atoms with E-state index in [1.807, 2.05) is 11.7 Å². The largest absolute Gasteiger partial charge is 0.493 e. The Morgan fingerprint density at radius 3 is 2.55 bits per heavy atom. The maximum atomic E-state index is 5.48. The maximum Gasteiger partial charge on any atom is 0.161 e. The highest BCUT2D eigenvalue weighted by Crippen LogP contribution is 2.30. The molecule has 0 spiro atoms. The third-order valence-electron chi connectivity index (χ3n) is 3.47. The lowest BCUT2D eigenvalue weighted by molar-refractivity contribution is 0.400. The third kappa shape index (κ3) is 2.85. The smallest absolute Gasteiger partial charge is 0.161 e. The minimum atomic E-state index is 0.0830. The lowest BCUT2D eigenvalue weighted by Crippen LogP contribution is -2.22. The van der Waals surface area contributed by atoms with E-state index in [2.05, 4.69) is 48.5 Å². The number of hydrogen-bond acceptors (Lipinski definition) is 3. The van der Waals surface area contributed by atoms with Crippen LogP contribution in [-0.2, 0) is 6.54 Å². The van der Waals surface area contributed by atoms with Crippen LogP contribution in [0.25, 0.3) is 0 Å². The van der Waals surface area contributed by atoms with Crippen molar-refractivity contribution in [3.8, 4) is 5.75 Å². The summed E-state index contributed by atoms with van der Waals surface area (Å²) in [6.07, 6.45) is 2.84. The average molecular weight is 273 g/mol. The fraction of sp³-hybridized carbons (Fsp3) is 0.438. The molecule has 0 saturated heterocycles. The SMILES string of the molecule is CCCn1ncc(OC)c1C(NC)c1ccc(C)cc1. The van der Waals surface area contributed by atoms with Gasteiger partial charge in [0.05, 0.1) is 19.3 Å². The third-order valence-corrected chi connectivity index (χ3v) is 3.47. The zero-order valence-electron chi connectivity index (χ0n) is 12.7. The van der Waals surface area contributed by atoms with Gasteiger partial charge in [0.1, 0.15) is 5.69 Å². The van der Waals surface area contributed by atoms with Gasteiger partial charge in [0.25, 0.3) is 0 Å². The molecule has 0 radical (unpaired) electrons. The molecule has 0 saturated carbocycles. The van der Waals surface area contributed by atoms with E-state index in [0.29, 0.717) is 0 Å². The number of aryl methyl sites for hydroxylation is 2. The number of aromatic nitrogens is 2. The first kappa shape index (κ1) is 14.6. The Kier molecular flexibility index (Phi) is 4.79. The molecule has 1 heterocycles. The number of rotatable bonds is 6. The molecule has 1 N–H and O–H groups in total. The molecule has 1 unspecified atom stereocenters. The quantitative estimate of drug-likeness (QED) is 0.879. The van der Waals surface area contributed by atoms with Crippen LogP contribution in [0.4, 0.5) is 0 Å². The maximum absolute atomic E-state index is 5.48. The van der Waals surface area contributed by atoms with E-state index < -0.39 is 0 Å². The molecular formula is C16H23N3O. The van der Waals surface area contributed by atoms with E-state index in [1.165, 1.54) is 11.1 Å². The molecule has 0 aliphatic rings. The lowest BCUT2D eigenvalue weighted by atomic mass is 10.0. The summed E-state index contributed by atoms with van der Waals surface area (Å²) in [4.78, 5) is 0. The molecule has 0 aliphatic heterocycles. The number of nitrogens with one attached hydrogen (secondary N) is 1. The molecule has 1 aromatic carbocycles. The molecule has 4 heteroatoms. The van der Waals surface area contributed by atoms with Crippen molar-refractivity contribution in [2.75, 3.05) is 14.2 Å². The molecule has 4 nitrogen and oxygen atoms in total. The van der Waals surface area contributed by atoms with Gasteiger partial charge < -0.3 is 10.1 Å². The molecule has 1 aromatic heterocycles. The van der Waals surface area contributed by atoms with Gasteiger partial charge >= 0.3 is 0 Å². The van der Waals surface area contributed by atoms with Gasteiger partial charge in [-0.15, -0.1) is 0 Å². The Morgan fingerprint density at radius 1 is 1.30 bits per heavy atom. The second-order valence-electron chi connectivity index (χ2n) is 4.95. The number of nitrogens with zero attached hydrogens (tertiary/aromatic N) is 2. The van der Waals surface area contributed by atoms with Crippen LogP contribution in [0.3, 0.4) is 0 Å². The summed E-state index contributed by atoms with van der Waals surface area (Å²) in [5.41, 5.74) is 3.56. The van der Waals surface area contributed by atoms with Crippen LogP contribution in [-0.4, -0.2) is 23.9 Å². The van der Waals surface area contributed by atoms with Crippen molar-refractivity contribution in [1.82, 2.24) is 15.1 Å². The fourth-order valence-corrected chi connectivity index (χ4v) is 2.44. The summed E-state index contributed by atoms with van der Waals surface area (Å²) >= 11 is 0. The Hall–Kier alpha value is -1.81. The average Bonchev–Trinajstić information content (AvgIpc) is 2.85. The molecule has 20 heavy (non-hydrogen) atoms. The van der Waals surface area contributed by atoms with Crippen molar-refractivity contribution < 1.29 is 4.74 Å². The summed E-state index contributed by atoms with van der Waals surface area (Å²) < 4.78 is 7.50. The van der Waals surface area contributed by atoms with Crippen molar-refractivity contribution in [2.24, 2.45) is 0 Å². The first-order valence-corrected chi connectivity index (χ1v) is 7.04. The zero-order chi connectivity index (χ0) is 14.5. The molecule has 108 valence electrons. The summed E-state index contributed by atoms with van der Waals surface area (Å²) in [6.45, 7) is 5.14. The second kappa shape index (κ2) is 6.57. The molecule has 0 bridgehead atoms. The van der Waals surface area contributed by atoms with Crippen molar-refractivity contribution in [2.45, 2.75) is 32.9 Å². The first-order chi connectivity index (χ1) is 9.71. The Morgan fingerprint density at radius 2 is 2.00 bits per heavy atom. The van der Waals surface area contributed by atoms with E-state index in [9.17, 15) is 0 Å². The standard InChI is InChI=1S/C16H23N3O/c1-5-10-19-16(14(20-4)11-18-19)15(17-3)13-8-6-12(2)7-9-13/h6-9,11,15,17H,5,10H2,1-4H3. The molecule has 2 rings (SSSR count). The monoisotopic (exact) mass is 273 g/mol.